The van der Waals surface area contributed by atoms with E-state index in [1.807, 2.05) is 0 Å². The van der Waals surface area contributed by atoms with Crippen LogP contribution in [0.15, 0.2) is 70.9 Å². The van der Waals surface area contributed by atoms with E-state index in [1.165, 1.54) is 17.2 Å². The van der Waals surface area contributed by atoms with E-state index in [2.05, 4.69) is 0 Å². The summed E-state index contributed by atoms with van der Waals surface area (Å²) in [4.78, 5) is 27.2. The Balaban J connectivity index is 1.90. The molecular formula is C22H14Cl3NO4. The molecular weight excluding hydrogens is 449 g/mol. The number of rotatable bonds is 4. The number of likely N-dealkylation sites (tertiary alicyclic amines) is 1. The molecule has 0 radical (unpaired) electrons. The summed E-state index contributed by atoms with van der Waals surface area (Å²) in [6, 6.07) is 13.5. The second-order valence-electron chi connectivity index (χ2n) is 6.68. The molecule has 8 heteroatoms. The highest BCUT2D eigenvalue weighted by atomic mass is 35.5. The van der Waals surface area contributed by atoms with Crippen molar-refractivity contribution in [3.8, 4) is 0 Å². The number of Topliss-reactive ketones (excluding diaryl/α,β-unsaturated/α-hetero) is 1. The number of nitrogens with zero attached hydrogens (tertiary/aromatic N) is 1. The van der Waals surface area contributed by atoms with Gasteiger partial charge in [-0.05, 0) is 54.1 Å². The third-order valence-electron chi connectivity index (χ3n) is 4.82. The Morgan fingerprint density at radius 3 is 2.33 bits per heavy atom. The first-order valence-corrected chi connectivity index (χ1v) is 10.0. The first-order valence-electron chi connectivity index (χ1n) is 8.88. The maximum absolute atomic E-state index is 13.0. The Morgan fingerprint density at radius 1 is 1.00 bits per heavy atom. The fourth-order valence-electron chi connectivity index (χ4n) is 3.42. The lowest BCUT2D eigenvalue weighted by molar-refractivity contribution is -0.140. The minimum atomic E-state index is -0.921. The molecule has 1 atom stereocenters. The lowest BCUT2D eigenvalue weighted by Crippen LogP contribution is -2.29. The quantitative estimate of drug-likeness (QED) is 0.299. The number of carbonyl (C=O) groups excluding carboxylic acids is 2. The van der Waals surface area contributed by atoms with Gasteiger partial charge in [0.1, 0.15) is 11.5 Å². The van der Waals surface area contributed by atoms with E-state index in [4.69, 9.17) is 39.2 Å². The average molecular weight is 463 g/mol. The topological polar surface area (TPSA) is 70.8 Å². The molecule has 0 spiro atoms. The molecule has 0 saturated carbocycles. The molecule has 2 aromatic carbocycles. The number of carbonyl (C=O) groups is 2. The van der Waals surface area contributed by atoms with Crippen molar-refractivity contribution >= 4 is 52.3 Å². The van der Waals surface area contributed by atoms with Crippen molar-refractivity contribution in [1.29, 1.82) is 0 Å². The molecule has 1 N–H and O–H groups in total. The number of hydrogen-bond donors (Lipinski definition) is 1. The number of halogens is 3. The van der Waals surface area contributed by atoms with Gasteiger partial charge in [0.25, 0.3) is 11.7 Å². The SMILES string of the molecule is O=C1C(=O)N(Cc2ccco2)C(c2ccc(Cl)cc2Cl)/C1=C(/O)c1ccc(Cl)cc1. The average Bonchev–Trinajstić information content (AvgIpc) is 3.31. The number of furan rings is 1. The molecule has 2 heterocycles. The zero-order valence-electron chi connectivity index (χ0n) is 15.3. The third kappa shape index (κ3) is 3.72. The summed E-state index contributed by atoms with van der Waals surface area (Å²) < 4.78 is 5.35. The summed E-state index contributed by atoms with van der Waals surface area (Å²) in [5.74, 6) is -1.41. The van der Waals surface area contributed by atoms with Gasteiger partial charge in [0.2, 0.25) is 0 Å². The molecule has 1 fully saturated rings. The van der Waals surface area contributed by atoms with Crippen molar-refractivity contribution in [2.24, 2.45) is 0 Å². The highest BCUT2D eigenvalue weighted by molar-refractivity contribution is 6.47. The van der Waals surface area contributed by atoms with Crippen LogP contribution in [0.5, 0.6) is 0 Å². The van der Waals surface area contributed by atoms with E-state index in [9.17, 15) is 14.7 Å². The zero-order valence-corrected chi connectivity index (χ0v) is 17.6. The molecule has 1 aromatic heterocycles. The van der Waals surface area contributed by atoms with E-state index < -0.39 is 17.7 Å². The lowest BCUT2D eigenvalue weighted by Gasteiger charge is -2.25. The van der Waals surface area contributed by atoms with Gasteiger partial charge in [-0.1, -0.05) is 40.9 Å². The monoisotopic (exact) mass is 461 g/mol. The maximum atomic E-state index is 13.0. The second kappa shape index (κ2) is 8.19. The molecule has 0 aliphatic carbocycles. The van der Waals surface area contributed by atoms with Crippen molar-refractivity contribution < 1.29 is 19.1 Å². The Labute approximate surface area is 187 Å². The van der Waals surface area contributed by atoms with Crippen LogP contribution in [0.4, 0.5) is 0 Å². The molecule has 1 aliphatic heterocycles. The normalized spacial score (nSPS) is 18.2. The summed E-state index contributed by atoms with van der Waals surface area (Å²) in [6.45, 7) is 0.0264. The van der Waals surface area contributed by atoms with Crippen LogP contribution in [-0.2, 0) is 16.1 Å². The predicted molar refractivity (Wildman–Crippen MR) is 114 cm³/mol. The van der Waals surface area contributed by atoms with E-state index >= 15 is 0 Å². The van der Waals surface area contributed by atoms with Crippen molar-refractivity contribution in [1.82, 2.24) is 4.90 Å². The summed E-state index contributed by atoms with van der Waals surface area (Å²) in [7, 11) is 0. The summed E-state index contributed by atoms with van der Waals surface area (Å²) in [6.07, 6.45) is 1.48. The van der Waals surface area contributed by atoms with Crippen LogP contribution in [0.3, 0.4) is 0 Å². The van der Waals surface area contributed by atoms with E-state index in [0.29, 0.717) is 26.9 Å². The molecule has 1 amide bonds. The second-order valence-corrected chi connectivity index (χ2v) is 7.96. The number of amides is 1. The van der Waals surface area contributed by atoms with E-state index in [0.717, 1.165) is 0 Å². The highest BCUT2D eigenvalue weighted by Gasteiger charge is 2.47. The Bertz CT molecular complexity index is 1150. The summed E-state index contributed by atoms with van der Waals surface area (Å²) in [5, 5.41) is 12.1. The van der Waals surface area contributed by atoms with Crippen LogP contribution in [0, 0.1) is 0 Å². The lowest BCUT2D eigenvalue weighted by atomic mass is 9.95. The van der Waals surface area contributed by atoms with Crippen LogP contribution in [-0.4, -0.2) is 21.7 Å². The predicted octanol–water partition coefficient (Wildman–Crippen LogP) is 5.86. The molecule has 1 unspecified atom stereocenters. The van der Waals surface area contributed by atoms with E-state index in [-0.39, 0.29) is 22.9 Å². The fraction of sp³-hybridized carbons (Fsp3) is 0.0909. The smallest absolute Gasteiger partial charge is 0.296 e. The molecule has 0 bridgehead atoms. The molecule has 3 aromatic rings. The number of ketones is 1. The standard InChI is InChI=1S/C22H14Cl3NO4/c23-13-5-3-12(4-6-13)20(27)18-19(16-8-7-14(24)10-17(16)25)26(22(29)21(18)28)11-15-2-1-9-30-15/h1-10,19,27H,11H2/b20-18-. The van der Waals surface area contributed by atoms with Crippen molar-refractivity contribution in [2.45, 2.75) is 12.6 Å². The molecule has 5 nitrogen and oxygen atoms in total. The van der Waals surface area contributed by atoms with Crippen molar-refractivity contribution in [3.05, 3.63) is 98.4 Å². The Kier molecular flexibility index (Phi) is 5.60. The number of hydrogen-bond acceptors (Lipinski definition) is 4. The maximum Gasteiger partial charge on any atom is 0.296 e. The zero-order chi connectivity index (χ0) is 21.4. The highest BCUT2D eigenvalue weighted by Crippen LogP contribution is 2.43. The van der Waals surface area contributed by atoms with Gasteiger partial charge in [-0.15, -0.1) is 0 Å². The van der Waals surface area contributed by atoms with Crippen LogP contribution in [0.25, 0.3) is 5.76 Å². The van der Waals surface area contributed by atoms with Gasteiger partial charge in [0.15, 0.2) is 0 Å². The number of benzene rings is 2. The molecule has 1 saturated heterocycles. The van der Waals surface area contributed by atoms with E-state index in [1.54, 1.807) is 48.5 Å². The van der Waals surface area contributed by atoms with Gasteiger partial charge >= 0.3 is 0 Å². The van der Waals surface area contributed by atoms with Gasteiger partial charge in [0, 0.05) is 20.6 Å². The third-order valence-corrected chi connectivity index (χ3v) is 5.64. The first kappa shape index (κ1) is 20.5. The Hall–Kier alpha value is -2.73. The van der Waals surface area contributed by atoms with Gasteiger partial charge in [-0.3, -0.25) is 9.59 Å². The largest absolute Gasteiger partial charge is 0.507 e. The fourth-order valence-corrected chi connectivity index (χ4v) is 4.06. The molecule has 152 valence electrons. The van der Waals surface area contributed by atoms with Gasteiger partial charge in [-0.2, -0.15) is 0 Å². The van der Waals surface area contributed by atoms with Crippen molar-refractivity contribution in [2.75, 3.05) is 0 Å². The number of aliphatic hydroxyl groups is 1. The van der Waals surface area contributed by atoms with Crippen LogP contribution >= 0.6 is 34.8 Å². The minimum Gasteiger partial charge on any atom is -0.507 e. The summed E-state index contributed by atoms with van der Waals surface area (Å²) in [5.41, 5.74) is 0.742. The van der Waals surface area contributed by atoms with Crippen LogP contribution in [0.2, 0.25) is 15.1 Å². The van der Waals surface area contributed by atoms with Crippen LogP contribution in [0.1, 0.15) is 22.9 Å². The van der Waals surface area contributed by atoms with Crippen LogP contribution < -0.4 is 0 Å². The van der Waals surface area contributed by atoms with Gasteiger partial charge in [-0.25, -0.2) is 0 Å². The van der Waals surface area contributed by atoms with Gasteiger partial charge in [0.05, 0.1) is 24.4 Å². The molecule has 1 aliphatic rings. The molecule has 30 heavy (non-hydrogen) atoms. The number of aliphatic hydroxyl groups excluding tert-OH is 1. The Morgan fingerprint density at radius 2 is 1.70 bits per heavy atom. The minimum absolute atomic E-state index is 0.0264. The van der Waals surface area contributed by atoms with Crippen molar-refractivity contribution in [3.63, 3.8) is 0 Å². The first-order chi connectivity index (χ1) is 14.4. The molecule has 4 rings (SSSR count). The summed E-state index contributed by atoms with van der Waals surface area (Å²) >= 11 is 18.4. The van der Waals surface area contributed by atoms with Gasteiger partial charge < -0.3 is 14.4 Å².